The van der Waals surface area contributed by atoms with Crippen molar-refractivity contribution in [3.63, 3.8) is 0 Å². The predicted octanol–water partition coefficient (Wildman–Crippen LogP) is 2.95. The standard InChI is InChI=1S/C15H15N7S/c16-10-3-5-11(6-4-10)23-15-19-14(8-17-22-15)18-13-7-12(20-21-13)9-1-2-9/h3-9H,1-2,16H2,(H2,18,19,20,21,22). The molecule has 4 rings (SSSR count). The number of hydrogen-bond donors (Lipinski definition) is 3. The average molecular weight is 325 g/mol. The second kappa shape index (κ2) is 5.88. The number of H-pyrrole nitrogens is 1. The first-order chi connectivity index (χ1) is 11.3. The summed E-state index contributed by atoms with van der Waals surface area (Å²) in [6, 6.07) is 9.58. The third kappa shape index (κ3) is 3.42. The highest BCUT2D eigenvalue weighted by Crippen LogP contribution is 2.39. The summed E-state index contributed by atoms with van der Waals surface area (Å²) < 4.78 is 0. The quantitative estimate of drug-likeness (QED) is 0.619. The SMILES string of the molecule is Nc1ccc(Sc2nncc(Nc3cc(C4CC4)[nH]n3)n2)cc1. The van der Waals surface area contributed by atoms with E-state index in [9.17, 15) is 0 Å². The van der Waals surface area contributed by atoms with Gasteiger partial charge in [0.1, 0.15) is 0 Å². The van der Waals surface area contributed by atoms with Crippen LogP contribution >= 0.6 is 11.8 Å². The fourth-order valence-electron chi connectivity index (χ4n) is 2.17. The molecule has 2 aromatic heterocycles. The zero-order valence-corrected chi connectivity index (χ0v) is 13.0. The van der Waals surface area contributed by atoms with E-state index in [0.29, 0.717) is 16.9 Å². The Morgan fingerprint density at radius 2 is 2.00 bits per heavy atom. The van der Waals surface area contributed by atoms with Crippen molar-refractivity contribution in [2.24, 2.45) is 0 Å². The number of nitrogens with two attached hydrogens (primary N) is 1. The number of aromatic nitrogens is 5. The molecule has 0 amide bonds. The van der Waals surface area contributed by atoms with Gasteiger partial charge in [-0.15, -0.1) is 5.10 Å². The van der Waals surface area contributed by atoms with Crippen LogP contribution in [-0.2, 0) is 0 Å². The van der Waals surface area contributed by atoms with E-state index in [-0.39, 0.29) is 0 Å². The Hall–Kier alpha value is -2.61. The Morgan fingerprint density at radius 1 is 1.17 bits per heavy atom. The maximum Gasteiger partial charge on any atom is 0.215 e. The molecule has 0 aliphatic heterocycles. The van der Waals surface area contributed by atoms with Gasteiger partial charge in [-0.05, 0) is 48.9 Å². The Bertz CT molecular complexity index is 811. The molecule has 0 bridgehead atoms. The van der Waals surface area contributed by atoms with Gasteiger partial charge in [0.25, 0.3) is 0 Å². The topological polar surface area (TPSA) is 105 Å². The van der Waals surface area contributed by atoms with Crippen molar-refractivity contribution in [2.45, 2.75) is 28.8 Å². The summed E-state index contributed by atoms with van der Waals surface area (Å²) in [4.78, 5) is 5.46. The van der Waals surface area contributed by atoms with E-state index in [1.807, 2.05) is 30.3 Å². The Labute approximate surface area is 137 Å². The number of hydrogen-bond acceptors (Lipinski definition) is 7. The number of anilines is 3. The highest BCUT2D eigenvalue weighted by Gasteiger charge is 2.25. The minimum Gasteiger partial charge on any atom is -0.399 e. The first-order valence-corrected chi connectivity index (χ1v) is 8.13. The van der Waals surface area contributed by atoms with E-state index in [0.717, 1.165) is 16.4 Å². The molecule has 0 unspecified atom stereocenters. The van der Waals surface area contributed by atoms with Crippen LogP contribution in [0.25, 0.3) is 0 Å². The lowest BCUT2D eigenvalue weighted by Crippen LogP contribution is -1.98. The Kier molecular flexibility index (Phi) is 3.58. The lowest BCUT2D eigenvalue weighted by molar-refractivity contribution is 0.843. The van der Waals surface area contributed by atoms with Crippen LogP contribution in [0, 0.1) is 0 Å². The minimum atomic E-state index is 0.567. The molecule has 1 aromatic carbocycles. The number of aromatic amines is 1. The molecule has 1 aliphatic rings. The van der Waals surface area contributed by atoms with E-state index in [4.69, 9.17) is 5.73 Å². The van der Waals surface area contributed by atoms with Crippen LogP contribution < -0.4 is 11.1 Å². The van der Waals surface area contributed by atoms with Crippen LogP contribution in [0.4, 0.5) is 17.3 Å². The predicted molar refractivity (Wildman–Crippen MR) is 88.6 cm³/mol. The summed E-state index contributed by atoms with van der Waals surface area (Å²) in [7, 11) is 0. The van der Waals surface area contributed by atoms with Crippen LogP contribution in [-0.4, -0.2) is 25.4 Å². The lowest BCUT2D eigenvalue weighted by Gasteiger charge is -2.03. The molecule has 0 saturated heterocycles. The van der Waals surface area contributed by atoms with Crippen LogP contribution in [0.3, 0.4) is 0 Å². The number of nitrogen functional groups attached to an aromatic ring is 1. The maximum absolute atomic E-state index is 5.68. The summed E-state index contributed by atoms with van der Waals surface area (Å²) in [5.74, 6) is 2.00. The third-order valence-corrected chi connectivity index (χ3v) is 4.36. The molecule has 23 heavy (non-hydrogen) atoms. The van der Waals surface area contributed by atoms with Gasteiger partial charge >= 0.3 is 0 Å². The van der Waals surface area contributed by atoms with E-state index in [1.165, 1.54) is 30.3 Å². The van der Waals surface area contributed by atoms with Crippen LogP contribution in [0.15, 0.2) is 46.6 Å². The number of rotatable bonds is 5. The van der Waals surface area contributed by atoms with Gasteiger partial charge in [-0.25, -0.2) is 4.98 Å². The van der Waals surface area contributed by atoms with E-state index in [1.54, 1.807) is 6.20 Å². The average Bonchev–Trinajstić information content (AvgIpc) is 3.30. The smallest absolute Gasteiger partial charge is 0.215 e. The molecule has 3 aromatic rings. The fourth-order valence-corrected chi connectivity index (χ4v) is 2.88. The zero-order valence-electron chi connectivity index (χ0n) is 12.2. The summed E-state index contributed by atoms with van der Waals surface area (Å²) in [5, 5.41) is 19.1. The zero-order chi connectivity index (χ0) is 15.6. The van der Waals surface area contributed by atoms with E-state index >= 15 is 0 Å². The fraction of sp³-hybridized carbons (Fsp3) is 0.200. The van der Waals surface area contributed by atoms with E-state index in [2.05, 4.69) is 30.7 Å². The highest BCUT2D eigenvalue weighted by atomic mass is 32.2. The van der Waals surface area contributed by atoms with Gasteiger partial charge in [0, 0.05) is 28.3 Å². The van der Waals surface area contributed by atoms with Gasteiger partial charge in [-0.2, -0.15) is 10.2 Å². The minimum absolute atomic E-state index is 0.567. The van der Waals surface area contributed by atoms with Crippen LogP contribution in [0.5, 0.6) is 0 Å². The number of nitrogens with one attached hydrogen (secondary N) is 2. The first kappa shape index (κ1) is 14.0. The Morgan fingerprint density at radius 3 is 2.78 bits per heavy atom. The molecular formula is C15H15N7S. The van der Waals surface area contributed by atoms with Crippen LogP contribution in [0.2, 0.25) is 0 Å². The molecule has 1 saturated carbocycles. The first-order valence-electron chi connectivity index (χ1n) is 7.32. The van der Waals surface area contributed by atoms with E-state index < -0.39 is 0 Å². The summed E-state index contributed by atoms with van der Waals surface area (Å²) >= 11 is 1.43. The van der Waals surface area contributed by atoms with Crippen molar-refractivity contribution >= 4 is 29.1 Å². The molecule has 1 fully saturated rings. The normalized spacial score (nSPS) is 13.9. The van der Waals surface area contributed by atoms with Gasteiger partial charge in [-0.3, -0.25) is 5.10 Å². The van der Waals surface area contributed by atoms with Gasteiger partial charge < -0.3 is 11.1 Å². The van der Waals surface area contributed by atoms with Gasteiger partial charge in [0.05, 0.1) is 6.20 Å². The van der Waals surface area contributed by atoms with Crippen molar-refractivity contribution in [3.8, 4) is 0 Å². The molecular weight excluding hydrogens is 310 g/mol. The molecule has 8 heteroatoms. The van der Waals surface area contributed by atoms with Gasteiger partial charge in [-0.1, -0.05) is 0 Å². The molecule has 0 spiro atoms. The van der Waals surface area contributed by atoms with Crippen molar-refractivity contribution in [3.05, 3.63) is 42.2 Å². The maximum atomic E-state index is 5.68. The molecule has 2 heterocycles. The van der Waals surface area contributed by atoms with Gasteiger partial charge in [0.15, 0.2) is 11.6 Å². The van der Waals surface area contributed by atoms with Crippen molar-refractivity contribution < 1.29 is 0 Å². The van der Waals surface area contributed by atoms with Crippen molar-refractivity contribution in [2.75, 3.05) is 11.1 Å². The largest absolute Gasteiger partial charge is 0.399 e. The third-order valence-electron chi connectivity index (χ3n) is 3.50. The van der Waals surface area contributed by atoms with Crippen molar-refractivity contribution in [1.29, 1.82) is 0 Å². The summed E-state index contributed by atoms with van der Waals surface area (Å²) in [6.07, 6.45) is 4.05. The lowest BCUT2D eigenvalue weighted by atomic mass is 10.3. The molecule has 7 nitrogen and oxygen atoms in total. The molecule has 0 radical (unpaired) electrons. The molecule has 116 valence electrons. The van der Waals surface area contributed by atoms with Gasteiger partial charge in [0.2, 0.25) is 5.16 Å². The second-order valence-electron chi connectivity index (χ2n) is 5.40. The molecule has 0 atom stereocenters. The Balaban J connectivity index is 1.47. The molecule has 4 N–H and O–H groups in total. The summed E-state index contributed by atoms with van der Waals surface area (Å²) in [6.45, 7) is 0. The monoisotopic (exact) mass is 325 g/mol. The number of nitrogens with zero attached hydrogens (tertiary/aromatic N) is 4. The van der Waals surface area contributed by atoms with Crippen LogP contribution in [0.1, 0.15) is 24.5 Å². The second-order valence-corrected chi connectivity index (χ2v) is 6.44. The highest BCUT2D eigenvalue weighted by molar-refractivity contribution is 7.99. The summed E-state index contributed by atoms with van der Waals surface area (Å²) in [5.41, 5.74) is 7.59. The molecule has 1 aliphatic carbocycles. The van der Waals surface area contributed by atoms with Crippen molar-refractivity contribution in [1.82, 2.24) is 25.4 Å². The number of benzene rings is 1.